The van der Waals surface area contributed by atoms with Crippen LogP contribution < -0.4 is 0 Å². The summed E-state index contributed by atoms with van der Waals surface area (Å²) in [6, 6.07) is 3.61. The van der Waals surface area contributed by atoms with Crippen molar-refractivity contribution in [1.29, 1.82) is 0 Å². The zero-order valence-corrected chi connectivity index (χ0v) is 14.9. The lowest BCUT2D eigenvalue weighted by Crippen LogP contribution is -2.42. The number of amides is 1. The molecule has 26 heavy (non-hydrogen) atoms. The number of carbonyl (C=O) groups excluding carboxylic acids is 1. The van der Waals surface area contributed by atoms with E-state index in [9.17, 15) is 4.79 Å². The first kappa shape index (κ1) is 16.6. The van der Waals surface area contributed by atoms with Crippen molar-refractivity contribution in [3.8, 4) is 0 Å². The van der Waals surface area contributed by atoms with Crippen LogP contribution >= 0.6 is 0 Å². The van der Waals surface area contributed by atoms with E-state index in [4.69, 9.17) is 9.26 Å². The van der Waals surface area contributed by atoms with Crippen molar-refractivity contribution in [2.75, 3.05) is 19.7 Å². The molecule has 0 saturated carbocycles. The van der Waals surface area contributed by atoms with E-state index in [2.05, 4.69) is 20.1 Å². The molecule has 0 spiro atoms. The van der Waals surface area contributed by atoms with E-state index < -0.39 is 0 Å². The second-order valence-corrected chi connectivity index (χ2v) is 6.40. The summed E-state index contributed by atoms with van der Waals surface area (Å²) in [6.45, 7) is 6.88. The standard InChI is InChI=1S/C18H19N5O3/c1-10-8-13(16-11(2)22-26-17(16)20-10)18(24)23-6-7-25-15(9-23)14-4-5-19-12(3)21-14/h4-5,8,15H,6-7,9H2,1-3H3/t15-/m1/s1. The summed E-state index contributed by atoms with van der Waals surface area (Å²) in [7, 11) is 0. The molecule has 1 aliphatic heterocycles. The Morgan fingerprint density at radius 1 is 1.27 bits per heavy atom. The minimum atomic E-state index is -0.267. The Morgan fingerprint density at radius 2 is 2.12 bits per heavy atom. The highest BCUT2D eigenvalue weighted by molar-refractivity contribution is 6.06. The van der Waals surface area contributed by atoms with Crippen molar-refractivity contribution < 1.29 is 14.1 Å². The number of nitrogens with zero attached hydrogens (tertiary/aromatic N) is 5. The van der Waals surface area contributed by atoms with E-state index in [0.29, 0.717) is 53.6 Å². The van der Waals surface area contributed by atoms with Crippen molar-refractivity contribution in [1.82, 2.24) is 25.0 Å². The molecule has 3 aromatic heterocycles. The van der Waals surface area contributed by atoms with E-state index in [-0.39, 0.29) is 12.0 Å². The summed E-state index contributed by atoms with van der Waals surface area (Å²) in [5.41, 5.74) is 3.11. The summed E-state index contributed by atoms with van der Waals surface area (Å²) in [5.74, 6) is 0.604. The van der Waals surface area contributed by atoms with Crippen LogP contribution in [0, 0.1) is 20.8 Å². The third kappa shape index (κ3) is 2.92. The van der Waals surface area contributed by atoms with Crippen LogP contribution in [0.5, 0.6) is 0 Å². The Labute approximate surface area is 150 Å². The Bertz CT molecular complexity index is 984. The smallest absolute Gasteiger partial charge is 0.258 e. The lowest BCUT2D eigenvalue weighted by Gasteiger charge is -2.32. The van der Waals surface area contributed by atoms with E-state index in [0.717, 1.165) is 5.69 Å². The number of fused-ring (bicyclic) bond motifs is 1. The van der Waals surface area contributed by atoms with Crippen molar-refractivity contribution in [3.63, 3.8) is 0 Å². The van der Waals surface area contributed by atoms with Crippen molar-refractivity contribution >= 4 is 17.0 Å². The molecule has 0 aromatic carbocycles. The lowest BCUT2D eigenvalue weighted by molar-refractivity contribution is -0.0247. The number of pyridine rings is 1. The normalized spacial score (nSPS) is 17.7. The van der Waals surface area contributed by atoms with Gasteiger partial charge in [0.25, 0.3) is 11.6 Å². The van der Waals surface area contributed by atoms with Crippen LogP contribution in [0.2, 0.25) is 0 Å². The number of morpholine rings is 1. The van der Waals surface area contributed by atoms with Crippen LogP contribution in [0.15, 0.2) is 22.9 Å². The number of carbonyl (C=O) groups is 1. The van der Waals surface area contributed by atoms with Crippen LogP contribution in [-0.2, 0) is 4.74 Å². The molecular weight excluding hydrogens is 334 g/mol. The lowest BCUT2D eigenvalue weighted by atomic mass is 10.1. The maximum atomic E-state index is 13.2. The van der Waals surface area contributed by atoms with E-state index in [1.165, 1.54) is 0 Å². The summed E-state index contributed by atoms with van der Waals surface area (Å²) in [5, 5.41) is 4.62. The second-order valence-electron chi connectivity index (χ2n) is 6.40. The summed E-state index contributed by atoms with van der Waals surface area (Å²) in [6.07, 6.45) is 1.44. The molecular formula is C18H19N5O3. The predicted octanol–water partition coefficient (Wildman–Crippen LogP) is 2.15. The highest BCUT2D eigenvalue weighted by Gasteiger charge is 2.29. The first-order valence-corrected chi connectivity index (χ1v) is 8.47. The van der Waals surface area contributed by atoms with Crippen molar-refractivity contribution in [2.24, 2.45) is 0 Å². The van der Waals surface area contributed by atoms with Crippen LogP contribution in [0.25, 0.3) is 11.1 Å². The van der Waals surface area contributed by atoms with Gasteiger partial charge in [0, 0.05) is 18.4 Å². The van der Waals surface area contributed by atoms with Crippen LogP contribution in [-0.4, -0.2) is 50.6 Å². The number of ether oxygens (including phenoxy) is 1. The largest absolute Gasteiger partial charge is 0.368 e. The van der Waals surface area contributed by atoms with E-state index in [1.807, 2.05) is 26.8 Å². The van der Waals surface area contributed by atoms with Gasteiger partial charge in [0.15, 0.2) is 0 Å². The summed E-state index contributed by atoms with van der Waals surface area (Å²) in [4.78, 5) is 27.8. The minimum Gasteiger partial charge on any atom is -0.368 e. The maximum absolute atomic E-state index is 13.2. The van der Waals surface area contributed by atoms with Crippen LogP contribution in [0.1, 0.15) is 39.4 Å². The monoisotopic (exact) mass is 353 g/mol. The minimum absolute atomic E-state index is 0.0779. The Balaban J connectivity index is 1.65. The summed E-state index contributed by atoms with van der Waals surface area (Å²) < 4.78 is 11.1. The molecule has 0 radical (unpaired) electrons. The number of rotatable bonds is 2. The molecule has 4 heterocycles. The van der Waals surface area contributed by atoms with Gasteiger partial charge in [-0.1, -0.05) is 5.16 Å². The van der Waals surface area contributed by atoms with Gasteiger partial charge in [-0.2, -0.15) is 0 Å². The van der Waals surface area contributed by atoms with Crippen LogP contribution in [0.4, 0.5) is 0 Å². The van der Waals surface area contributed by atoms with Gasteiger partial charge in [-0.3, -0.25) is 4.79 Å². The molecule has 0 bridgehead atoms. The molecule has 1 fully saturated rings. The van der Waals surface area contributed by atoms with Gasteiger partial charge < -0.3 is 14.2 Å². The highest BCUT2D eigenvalue weighted by atomic mass is 16.5. The number of aromatic nitrogens is 4. The topological polar surface area (TPSA) is 94.2 Å². The molecule has 0 aliphatic carbocycles. The average Bonchev–Trinajstić information content (AvgIpc) is 3.01. The van der Waals surface area contributed by atoms with E-state index in [1.54, 1.807) is 17.2 Å². The quantitative estimate of drug-likeness (QED) is 0.696. The number of aryl methyl sites for hydroxylation is 3. The van der Waals surface area contributed by atoms with E-state index >= 15 is 0 Å². The Kier molecular flexibility index (Phi) is 4.12. The second kappa shape index (κ2) is 6.45. The Morgan fingerprint density at radius 3 is 2.92 bits per heavy atom. The average molecular weight is 353 g/mol. The molecule has 3 aromatic rings. The first-order valence-electron chi connectivity index (χ1n) is 8.47. The molecule has 1 amide bonds. The van der Waals surface area contributed by atoms with Crippen molar-refractivity contribution in [3.05, 3.63) is 46.8 Å². The van der Waals surface area contributed by atoms with Gasteiger partial charge >= 0.3 is 0 Å². The zero-order chi connectivity index (χ0) is 18.3. The molecule has 8 nitrogen and oxygen atoms in total. The third-order valence-corrected chi connectivity index (χ3v) is 4.46. The van der Waals surface area contributed by atoms with Gasteiger partial charge in [-0.15, -0.1) is 0 Å². The molecule has 1 aliphatic rings. The number of hydrogen-bond donors (Lipinski definition) is 0. The SMILES string of the molecule is Cc1cc(C(=O)N2CCO[C@@H](c3ccnc(C)n3)C2)c2c(C)noc2n1. The van der Waals surface area contributed by atoms with Gasteiger partial charge in [-0.25, -0.2) is 15.0 Å². The molecule has 4 rings (SSSR count). The van der Waals surface area contributed by atoms with Gasteiger partial charge in [-0.05, 0) is 32.9 Å². The molecule has 134 valence electrons. The van der Waals surface area contributed by atoms with Gasteiger partial charge in [0.2, 0.25) is 0 Å². The van der Waals surface area contributed by atoms with Crippen molar-refractivity contribution in [2.45, 2.75) is 26.9 Å². The predicted molar refractivity (Wildman–Crippen MR) is 92.6 cm³/mol. The third-order valence-electron chi connectivity index (χ3n) is 4.46. The molecule has 0 N–H and O–H groups in total. The zero-order valence-electron chi connectivity index (χ0n) is 14.9. The van der Waals surface area contributed by atoms with Gasteiger partial charge in [0.1, 0.15) is 11.9 Å². The van der Waals surface area contributed by atoms with Gasteiger partial charge in [0.05, 0.1) is 35.5 Å². The molecule has 0 unspecified atom stereocenters. The Hall–Kier alpha value is -2.87. The molecule has 1 saturated heterocycles. The molecule has 1 atom stereocenters. The summed E-state index contributed by atoms with van der Waals surface area (Å²) >= 11 is 0. The first-order chi connectivity index (χ1) is 12.5. The number of hydrogen-bond acceptors (Lipinski definition) is 7. The highest BCUT2D eigenvalue weighted by Crippen LogP contribution is 2.26. The fourth-order valence-corrected chi connectivity index (χ4v) is 3.22. The van der Waals surface area contributed by atoms with Crippen LogP contribution in [0.3, 0.4) is 0 Å². The fourth-order valence-electron chi connectivity index (χ4n) is 3.22. The maximum Gasteiger partial charge on any atom is 0.258 e. The fraction of sp³-hybridized carbons (Fsp3) is 0.389. The molecule has 8 heteroatoms.